The van der Waals surface area contributed by atoms with Gasteiger partial charge in [-0.15, -0.1) is 0 Å². The summed E-state index contributed by atoms with van der Waals surface area (Å²) in [4.78, 5) is 12.3. The maximum atomic E-state index is 13.5. The number of ketones is 1. The van der Waals surface area contributed by atoms with Crippen LogP contribution in [0.2, 0.25) is 0 Å². The summed E-state index contributed by atoms with van der Waals surface area (Å²) in [7, 11) is 0. The van der Waals surface area contributed by atoms with Gasteiger partial charge in [0.1, 0.15) is 5.82 Å². The molecule has 0 saturated carbocycles. The van der Waals surface area contributed by atoms with Crippen molar-refractivity contribution in [2.45, 2.75) is 33.1 Å². The van der Waals surface area contributed by atoms with Crippen molar-refractivity contribution in [2.75, 3.05) is 0 Å². The van der Waals surface area contributed by atoms with Crippen molar-refractivity contribution in [1.82, 2.24) is 0 Å². The van der Waals surface area contributed by atoms with Gasteiger partial charge in [0.05, 0.1) is 0 Å². The van der Waals surface area contributed by atoms with Crippen LogP contribution in [0.15, 0.2) is 42.5 Å². The fraction of sp³-hybridized carbons (Fsp3) is 0.278. The molecule has 1 nitrogen and oxygen atoms in total. The minimum Gasteiger partial charge on any atom is -0.289 e. The summed E-state index contributed by atoms with van der Waals surface area (Å²) in [5.74, 6) is 0.00245. The van der Waals surface area contributed by atoms with Crippen molar-refractivity contribution >= 4 is 5.78 Å². The van der Waals surface area contributed by atoms with Crippen LogP contribution in [0.5, 0.6) is 0 Å². The van der Waals surface area contributed by atoms with Gasteiger partial charge in [0.15, 0.2) is 5.78 Å². The molecular formula is C18H19FO. The summed E-state index contributed by atoms with van der Waals surface area (Å²) < 4.78 is 13.5. The van der Waals surface area contributed by atoms with E-state index in [1.165, 1.54) is 11.6 Å². The summed E-state index contributed by atoms with van der Waals surface area (Å²) >= 11 is 0. The molecule has 0 aliphatic carbocycles. The molecule has 2 aromatic rings. The topological polar surface area (TPSA) is 17.1 Å². The number of halogens is 1. The lowest BCUT2D eigenvalue weighted by Crippen LogP contribution is -2.03. The van der Waals surface area contributed by atoms with Gasteiger partial charge in [-0.3, -0.25) is 4.79 Å². The first-order valence-corrected chi connectivity index (χ1v) is 6.93. The van der Waals surface area contributed by atoms with E-state index in [0.717, 1.165) is 6.42 Å². The normalized spacial score (nSPS) is 12.2. The molecule has 0 heterocycles. The zero-order valence-corrected chi connectivity index (χ0v) is 12.1. The fourth-order valence-electron chi connectivity index (χ4n) is 2.10. The number of hydrogen-bond donors (Lipinski definition) is 0. The lowest BCUT2D eigenvalue weighted by Gasteiger charge is -2.09. The lowest BCUT2D eigenvalue weighted by molar-refractivity contribution is 0.103. The van der Waals surface area contributed by atoms with Gasteiger partial charge >= 0.3 is 0 Å². The van der Waals surface area contributed by atoms with Gasteiger partial charge in [0.25, 0.3) is 0 Å². The predicted octanol–water partition coefficient (Wildman–Crippen LogP) is 4.88. The van der Waals surface area contributed by atoms with Gasteiger partial charge < -0.3 is 0 Å². The first kappa shape index (κ1) is 14.4. The minimum atomic E-state index is -0.341. The minimum absolute atomic E-state index is 0.139. The van der Waals surface area contributed by atoms with Crippen LogP contribution in [-0.4, -0.2) is 5.78 Å². The van der Waals surface area contributed by atoms with E-state index in [9.17, 15) is 9.18 Å². The van der Waals surface area contributed by atoms with Gasteiger partial charge in [0.2, 0.25) is 0 Å². The molecule has 20 heavy (non-hydrogen) atoms. The molecular weight excluding hydrogens is 251 g/mol. The molecule has 1 atom stereocenters. The maximum Gasteiger partial charge on any atom is 0.193 e. The van der Waals surface area contributed by atoms with E-state index in [2.05, 4.69) is 13.8 Å². The largest absolute Gasteiger partial charge is 0.289 e. The smallest absolute Gasteiger partial charge is 0.193 e. The highest BCUT2D eigenvalue weighted by molar-refractivity contribution is 6.09. The van der Waals surface area contributed by atoms with Crippen molar-refractivity contribution in [2.24, 2.45) is 0 Å². The van der Waals surface area contributed by atoms with E-state index >= 15 is 0 Å². The van der Waals surface area contributed by atoms with E-state index in [-0.39, 0.29) is 11.6 Å². The molecule has 0 radical (unpaired) electrons. The van der Waals surface area contributed by atoms with Crippen LogP contribution in [-0.2, 0) is 0 Å². The van der Waals surface area contributed by atoms with Gasteiger partial charge in [-0.2, -0.15) is 0 Å². The summed E-state index contributed by atoms with van der Waals surface area (Å²) in [6.45, 7) is 5.98. The molecule has 0 N–H and O–H groups in total. The molecule has 0 aromatic heterocycles. The average molecular weight is 270 g/mol. The zero-order valence-electron chi connectivity index (χ0n) is 12.1. The Kier molecular flexibility index (Phi) is 4.33. The highest BCUT2D eigenvalue weighted by atomic mass is 19.1. The second kappa shape index (κ2) is 6.00. The number of benzene rings is 2. The van der Waals surface area contributed by atoms with E-state index in [1.807, 2.05) is 24.3 Å². The number of carbonyl (C=O) groups is 1. The van der Waals surface area contributed by atoms with Crippen molar-refractivity contribution < 1.29 is 9.18 Å². The molecule has 0 amide bonds. The molecule has 0 bridgehead atoms. The maximum absolute atomic E-state index is 13.5. The van der Waals surface area contributed by atoms with Crippen molar-refractivity contribution in [3.8, 4) is 0 Å². The van der Waals surface area contributed by atoms with E-state index in [1.54, 1.807) is 19.1 Å². The molecule has 2 aromatic carbocycles. The molecule has 0 spiro atoms. The second-order valence-corrected chi connectivity index (χ2v) is 5.22. The number of rotatable bonds is 4. The Morgan fingerprint density at radius 3 is 2.25 bits per heavy atom. The lowest BCUT2D eigenvalue weighted by atomic mass is 9.95. The summed E-state index contributed by atoms with van der Waals surface area (Å²) in [6.07, 6.45) is 1.07. The van der Waals surface area contributed by atoms with Crippen LogP contribution < -0.4 is 0 Å². The van der Waals surface area contributed by atoms with E-state index < -0.39 is 0 Å². The Labute approximate surface area is 119 Å². The molecule has 2 heteroatoms. The summed E-state index contributed by atoms with van der Waals surface area (Å²) in [6, 6.07) is 12.2. The average Bonchev–Trinajstić information content (AvgIpc) is 2.48. The number of aryl methyl sites for hydroxylation is 1. The van der Waals surface area contributed by atoms with Crippen LogP contribution in [0.25, 0.3) is 0 Å². The first-order valence-electron chi connectivity index (χ1n) is 6.93. The molecule has 0 saturated heterocycles. The highest BCUT2D eigenvalue weighted by Gasteiger charge is 2.11. The first-order chi connectivity index (χ1) is 9.52. The molecule has 0 aliphatic heterocycles. The van der Waals surface area contributed by atoms with Crippen LogP contribution in [0.4, 0.5) is 4.39 Å². The quantitative estimate of drug-likeness (QED) is 0.724. The standard InChI is InChI=1S/C18H19FO/c1-4-12(2)14-7-9-15(10-8-14)18(20)16-6-5-13(3)17(19)11-16/h5-12H,4H2,1-3H3. The Hall–Kier alpha value is -1.96. The predicted molar refractivity (Wildman–Crippen MR) is 79.7 cm³/mol. The monoisotopic (exact) mass is 270 g/mol. The summed E-state index contributed by atoms with van der Waals surface area (Å²) in [5, 5.41) is 0. The second-order valence-electron chi connectivity index (χ2n) is 5.22. The Morgan fingerprint density at radius 2 is 1.70 bits per heavy atom. The van der Waals surface area contributed by atoms with Gasteiger partial charge in [0, 0.05) is 11.1 Å². The summed E-state index contributed by atoms with van der Waals surface area (Å²) in [5.41, 5.74) is 2.76. The number of hydrogen-bond acceptors (Lipinski definition) is 1. The molecule has 0 aliphatic rings. The SMILES string of the molecule is CCC(C)c1ccc(C(=O)c2ccc(C)c(F)c2)cc1. The third-order valence-corrected chi connectivity index (χ3v) is 3.79. The highest BCUT2D eigenvalue weighted by Crippen LogP contribution is 2.20. The van der Waals surface area contributed by atoms with Crippen molar-refractivity contribution in [3.05, 3.63) is 70.5 Å². The third kappa shape index (κ3) is 2.96. The van der Waals surface area contributed by atoms with Gasteiger partial charge in [-0.1, -0.05) is 50.2 Å². The molecule has 2 rings (SSSR count). The van der Waals surface area contributed by atoms with Gasteiger partial charge in [-0.25, -0.2) is 4.39 Å². The Bertz CT molecular complexity index is 614. The van der Waals surface area contributed by atoms with E-state index in [4.69, 9.17) is 0 Å². The van der Waals surface area contributed by atoms with Crippen molar-refractivity contribution in [3.63, 3.8) is 0 Å². The Morgan fingerprint density at radius 1 is 1.10 bits per heavy atom. The van der Waals surface area contributed by atoms with Crippen LogP contribution in [0, 0.1) is 12.7 Å². The Balaban J connectivity index is 2.27. The van der Waals surface area contributed by atoms with Crippen LogP contribution in [0.1, 0.15) is 53.2 Å². The molecule has 1 unspecified atom stereocenters. The van der Waals surface area contributed by atoms with Crippen LogP contribution in [0.3, 0.4) is 0 Å². The molecule has 0 fully saturated rings. The van der Waals surface area contributed by atoms with Crippen LogP contribution >= 0.6 is 0 Å². The fourth-order valence-corrected chi connectivity index (χ4v) is 2.10. The zero-order chi connectivity index (χ0) is 14.7. The van der Waals surface area contributed by atoms with Gasteiger partial charge in [-0.05, 0) is 36.5 Å². The van der Waals surface area contributed by atoms with Crippen molar-refractivity contribution in [1.29, 1.82) is 0 Å². The number of carbonyl (C=O) groups excluding carboxylic acids is 1. The molecule has 104 valence electrons. The van der Waals surface area contributed by atoms with E-state index in [0.29, 0.717) is 22.6 Å². The third-order valence-electron chi connectivity index (χ3n) is 3.79.